The Morgan fingerprint density at radius 2 is 1.97 bits per heavy atom. The summed E-state index contributed by atoms with van der Waals surface area (Å²) in [6.07, 6.45) is 3.06. The predicted octanol–water partition coefficient (Wildman–Crippen LogP) is 5.61. The molecule has 2 aromatic carbocycles. The molecule has 5 rings (SSSR count). The molecule has 186 valence electrons. The maximum absolute atomic E-state index is 14.2. The number of carbonyl (C=O) groups excluding carboxylic acids is 1. The van der Waals surface area contributed by atoms with Crippen LogP contribution in [0.25, 0.3) is 16.6 Å². The second-order valence-electron chi connectivity index (χ2n) is 7.88. The van der Waals surface area contributed by atoms with Gasteiger partial charge in [0.2, 0.25) is 5.43 Å². The van der Waals surface area contributed by atoms with Gasteiger partial charge in [-0.25, -0.2) is 9.18 Å². The predicted molar refractivity (Wildman–Crippen MR) is 138 cm³/mol. The number of aromatic nitrogens is 2. The Bertz CT molecular complexity index is 1490. The largest absolute Gasteiger partial charge is 0.505 e. The van der Waals surface area contributed by atoms with Crippen LogP contribution in [0.4, 0.5) is 10.1 Å². The molecule has 0 fully saturated rings. The number of hydrogen-bond donors (Lipinski definition) is 1. The van der Waals surface area contributed by atoms with E-state index in [1.165, 1.54) is 29.0 Å². The van der Waals surface area contributed by atoms with Crippen LogP contribution < -0.4 is 10.3 Å². The van der Waals surface area contributed by atoms with Crippen LogP contribution in [0.2, 0.25) is 5.02 Å². The molecule has 0 amide bonds. The van der Waals surface area contributed by atoms with Crippen molar-refractivity contribution in [1.29, 1.82) is 0 Å². The first-order chi connectivity index (χ1) is 17.4. The molecule has 1 aliphatic rings. The lowest BCUT2D eigenvalue weighted by Crippen LogP contribution is -2.21. The summed E-state index contributed by atoms with van der Waals surface area (Å²) in [5.74, 6) is -2.13. The standard InChI is InChI=1S/C25H19ClFN3O4.C2H6/c1-2-34-25(33)17-12-30(15-5-6-23(31)19(27)8-15)21-10-22(18(26)9-16(21)24(17)32)29-11-14-4-3-7-28-20(14)13-29;1-2/h3-10,12,31H,2,11,13H2,1H3;1-2H3. The lowest BCUT2D eigenvalue weighted by molar-refractivity contribution is 0.0524. The van der Waals surface area contributed by atoms with Gasteiger partial charge >= 0.3 is 5.97 Å². The van der Waals surface area contributed by atoms with Crippen molar-refractivity contribution in [3.8, 4) is 11.4 Å². The van der Waals surface area contributed by atoms with Gasteiger partial charge in [-0.3, -0.25) is 9.78 Å². The number of phenolic OH excluding ortho intramolecular Hbond substituents is 1. The molecule has 3 heterocycles. The molecular formula is C27H25ClFN3O4. The number of halogens is 2. The van der Waals surface area contributed by atoms with E-state index in [4.69, 9.17) is 16.3 Å². The van der Waals surface area contributed by atoms with E-state index in [1.807, 2.05) is 30.9 Å². The third-order valence-electron chi connectivity index (χ3n) is 5.80. The summed E-state index contributed by atoms with van der Waals surface area (Å²) in [5.41, 5.74) is 2.68. The zero-order valence-corrected chi connectivity index (χ0v) is 20.8. The van der Waals surface area contributed by atoms with Crippen LogP contribution in [0.1, 0.15) is 42.4 Å². The highest BCUT2D eigenvalue weighted by molar-refractivity contribution is 6.34. The molecule has 0 saturated heterocycles. The summed E-state index contributed by atoms with van der Waals surface area (Å²) in [7, 11) is 0. The number of rotatable bonds is 4. The van der Waals surface area contributed by atoms with Crippen molar-refractivity contribution >= 4 is 34.2 Å². The summed E-state index contributed by atoms with van der Waals surface area (Å²) in [6.45, 7) is 6.86. The molecule has 4 aromatic rings. The lowest BCUT2D eigenvalue weighted by atomic mass is 10.1. The minimum atomic E-state index is -0.836. The third-order valence-corrected chi connectivity index (χ3v) is 6.11. The van der Waals surface area contributed by atoms with Crippen LogP contribution >= 0.6 is 11.6 Å². The fourth-order valence-corrected chi connectivity index (χ4v) is 4.44. The number of pyridine rings is 2. The maximum Gasteiger partial charge on any atom is 0.343 e. The van der Waals surface area contributed by atoms with Crippen LogP contribution in [0, 0.1) is 5.82 Å². The zero-order valence-electron chi connectivity index (χ0n) is 20.1. The number of ether oxygens (including phenoxy) is 1. The summed E-state index contributed by atoms with van der Waals surface area (Å²) in [4.78, 5) is 32.2. The van der Waals surface area contributed by atoms with E-state index >= 15 is 0 Å². The lowest BCUT2D eigenvalue weighted by Gasteiger charge is -2.21. The molecule has 0 radical (unpaired) electrons. The highest BCUT2D eigenvalue weighted by Gasteiger charge is 2.24. The van der Waals surface area contributed by atoms with Crippen molar-refractivity contribution < 1.29 is 19.0 Å². The number of aromatic hydroxyl groups is 1. The van der Waals surface area contributed by atoms with Crippen molar-refractivity contribution in [2.24, 2.45) is 0 Å². The van der Waals surface area contributed by atoms with E-state index in [0.29, 0.717) is 35.0 Å². The Hall–Kier alpha value is -3.91. The van der Waals surface area contributed by atoms with Crippen molar-refractivity contribution in [1.82, 2.24) is 9.55 Å². The summed E-state index contributed by atoms with van der Waals surface area (Å²) >= 11 is 6.62. The molecule has 2 aromatic heterocycles. The molecule has 0 bridgehead atoms. The van der Waals surface area contributed by atoms with Gasteiger partial charge in [0.05, 0.1) is 35.1 Å². The third kappa shape index (κ3) is 4.52. The smallest absolute Gasteiger partial charge is 0.343 e. The quantitative estimate of drug-likeness (QED) is 0.360. The first-order valence-electron chi connectivity index (χ1n) is 11.6. The van der Waals surface area contributed by atoms with E-state index in [1.54, 1.807) is 19.2 Å². The second kappa shape index (κ2) is 10.4. The number of hydrogen-bond acceptors (Lipinski definition) is 6. The average molecular weight is 510 g/mol. The van der Waals surface area contributed by atoms with Gasteiger partial charge in [-0.15, -0.1) is 0 Å². The van der Waals surface area contributed by atoms with Crippen LogP contribution in [0.3, 0.4) is 0 Å². The summed E-state index contributed by atoms with van der Waals surface area (Å²) in [6, 6.07) is 10.9. The van der Waals surface area contributed by atoms with Crippen LogP contribution in [0.5, 0.6) is 5.75 Å². The van der Waals surface area contributed by atoms with Gasteiger partial charge in [0.15, 0.2) is 11.6 Å². The number of carbonyl (C=O) groups is 1. The molecular weight excluding hydrogens is 485 g/mol. The van der Waals surface area contributed by atoms with Gasteiger partial charge < -0.3 is 19.3 Å². The molecule has 1 aliphatic heterocycles. The monoisotopic (exact) mass is 509 g/mol. The highest BCUT2D eigenvalue weighted by Crippen LogP contribution is 2.36. The van der Waals surface area contributed by atoms with E-state index in [9.17, 15) is 19.1 Å². The maximum atomic E-state index is 14.2. The van der Waals surface area contributed by atoms with Gasteiger partial charge in [-0.2, -0.15) is 0 Å². The highest BCUT2D eigenvalue weighted by atomic mass is 35.5. The molecule has 0 spiro atoms. The van der Waals surface area contributed by atoms with Crippen LogP contribution in [0.15, 0.2) is 59.7 Å². The fourth-order valence-electron chi connectivity index (χ4n) is 4.16. The van der Waals surface area contributed by atoms with Crippen LogP contribution in [-0.2, 0) is 17.8 Å². The second-order valence-corrected chi connectivity index (χ2v) is 8.29. The van der Waals surface area contributed by atoms with Gasteiger partial charge in [-0.1, -0.05) is 31.5 Å². The van der Waals surface area contributed by atoms with Gasteiger partial charge in [0.1, 0.15) is 5.56 Å². The van der Waals surface area contributed by atoms with Crippen molar-refractivity contribution in [2.45, 2.75) is 33.9 Å². The van der Waals surface area contributed by atoms with E-state index in [0.717, 1.165) is 17.3 Å². The number of anilines is 1. The summed E-state index contributed by atoms with van der Waals surface area (Å²) < 4.78 is 20.8. The molecule has 0 atom stereocenters. The van der Waals surface area contributed by atoms with Crippen molar-refractivity contribution in [3.63, 3.8) is 0 Å². The first-order valence-corrected chi connectivity index (χ1v) is 12.0. The molecule has 0 aliphatic carbocycles. The van der Waals surface area contributed by atoms with Gasteiger partial charge in [-0.05, 0) is 42.8 Å². The minimum absolute atomic E-state index is 0.0907. The van der Waals surface area contributed by atoms with Crippen LogP contribution in [-0.4, -0.2) is 27.2 Å². The zero-order chi connectivity index (χ0) is 26.0. The van der Waals surface area contributed by atoms with E-state index < -0.39 is 23.0 Å². The van der Waals surface area contributed by atoms with Gasteiger partial charge in [0, 0.05) is 36.1 Å². The number of benzene rings is 2. The normalized spacial score (nSPS) is 12.2. The fraction of sp³-hybridized carbons (Fsp3) is 0.222. The minimum Gasteiger partial charge on any atom is -0.505 e. The number of nitrogens with zero attached hydrogens (tertiary/aromatic N) is 3. The SMILES string of the molecule is CC.CCOC(=O)c1cn(-c2ccc(O)c(F)c2)c2cc(N3Cc4cccnc4C3)c(Cl)cc2c1=O. The number of fused-ring (bicyclic) bond motifs is 2. The average Bonchev–Trinajstić information content (AvgIpc) is 3.31. The van der Waals surface area contributed by atoms with E-state index in [-0.39, 0.29) is 17.6 Å². The van der Waals surface area contributed by atoms with Crippen molar-refractivity contribution in [3.05, 3.63) is 92.7 Å². The first kappa shape index (κ1) is 25.2. The molecule has 0 unspecified atom stereocenters. The molecule has 7 nitrogen and oxygen atoms in total. The Balaban J connectivity index is 0.00000148. The summed E-state index contributed by atoms with van der Waals surface area (Å²) in [5, 5.41) is 10.2. The Morgan fingerprint density at radius 1 is 1.19 bits per heavy atom. The number of phenols is 1. The molecule has 1 N–H and O–H groups in total. The van der Waals surface area contributed by atoms with Gasteiger partial charge in [0.25, 0.3) is 0 Å². The Labute approximate surface area is 212 Å². The molecule has 36 heavy (non-hydrogen) atoms. The molecule has 9 heteroatoms. The Kier molecular flexibility index (Phi) is 7.26. The Morgan fingerprint density at radius 3 is 2.67 bits per heavy atom. The van der Waals surface area contributed by atoms with E-state index in [2.05, 4.69) is 4.98 Å². The molecule has 0 saturated carbocycles. The topological polar surface area (TPSA) is 84.7 Å². The van der Waals surface area contributed by atoms with Crippen molar-refractivity contribution in [2.75, 3.05) is 11.5 Å². The number of esters is 1.